The van der Waals surface area contributed by atoms with Gasteiger partial charge in [0.15, 0.2) is 11.5 Å². The molecule has 0 spiro atoms. The van der Waals surface area contributed by atoms with Gasteiger partial charge in [0.2, 0.25) is 5.89 Å². The first kappa shape index (κ1) is 16.5. The Morgan fingerprint density at radius 1 is 1.24 bits per heavy atom. The molecule has 0 aliphatic rings. The largest absolute Gasteiger partial charge is 0.493 e. The summed E-state index contributed by atoms with van der Waals surface area (Å²) in [5, 5.41) is 0. The second-order valence-electron chi connectivity index (χ2n) is 5.14. The van der Waals surface area contributed by atoms with E-state index in [1.54, 1.807) is 30.3 Å². The molecule has 0 fully saturated rings. The number of amides is 1. The number of hydrogen-bond acceptors (Lipinski definition) is 5. The van der Waals surface area contributed by atoms with Crippen LogP contribution in [-0.4, -0.2) is 18.0 Å². The molecule has 0 bridgehead atoms. The summed E-state index contributed by atoms with van der Waals surface area (Å²) in [6, 6.07) is 10.6. The van der Waals surface area contributed by atoms with E-state index in [0.29, 0.717) is 22.9 Å². The van der Waals surface area contributed by atoms with Crippen molar-refractivity contribution in [2.45, 2.75) is 6.61 Å². The molecule has 0 radical (unpaired) electrons. The summed E-state index contributed by atoms with van der Waals surface area (Å²) < 4.78 is 29.2. The maximum Gasteiger partial charge on any atom is 0.252 e. The normalized spacial score (nSPS) is 10.5. The second-order valence-corrected chi connectivity index (χ2v) is 5.14. The molecule has 6 nitrogen and oxygen atoms in total. The number of primary amides is 1. The summed E-state index contributed by atoms with van der Waals surface area (Å²) >= 11 is 0. The van der Waals surface area contributed by atoms with Crippen LogP contribution in [0.5, 0.6) is 11.5 Å². The zero-order valence-corrected chi connectivity index (χ0v) is 13.4. The van der Waals surface area contributed by atoms with Crippen LogP contribution in [0.2, 0.25) is 0 Å². The first-order valence-corrected chi connectivity index (χ1v) is 7.38. The number of para-hydroxylation sites is 1. The van der Waals surface area contributed by atoms with Crippen molar-refractivity contribution in [1.29, 1.82) is 0 Å². The lowest BCUT2D eigenvalue weighted by molar-refractivity contribution is 0.0995. The average molecular weight is 342 g/mol. The van der Waals surface area contributed by atoms with Crippen molar-refractivity contribution in [2.75, 3.05) is 7.11 Å². The molecule has 0 atom stereocenters. The molecule has 0 saturated heterocycles. The van der Waals surface area contributed by atoms with Crippen LogP contribution in [0.15, 0.2) is 53.1 Å². The summed E-state index contributed by atoms with van der Waals surface area (Å²) in [6.07, 6.45) is 1.43. The van der Waals surface area contributed by atoms with Crippen molar-refractivity contribution in [3.8, 4) is 23.0 Å². The minimum atomic E-state index is -0.624. The van der Waals surface area contributed by atoms with Crippen LogP contribution in [0.4, 0.5) is 4.39 Å². The number of carbonyl (C=O) groups is 1. The zero-order valence-electron chi connectivity index (χ0n) is 13.4. The minimum Gasteiger partial charge on any atom is -0.493 e. The van der Waals surface area contributed by atoms with Gasteiger partial charge in [0.25, 0.3) is 5.91 Å². The fraction of sp³-hybridized carbons (Fsp3) is 0.111. The summed E-state index contributed by atoms with van der Waals surface area (Å²) in [4.78, 5) is 15.8. The van der Waals surface area contributed by atoms with Crippen LogP contribution < -0.4 is 15.2 Å². The number of oxazole rings is 1. The number of rotatable bonds is 6. The van der Waals surface area contributed by atoms with Crippen LogP contribution in [0.25, 0.3) is 11.5 Å². The van der Waals surface area contributed by atoms with Crippen LogP contribution in [0, 0.1) is 5.82 Å². The van der Waals surface area contributed by atoms with E-state index < -0.39 is 5.91 Å². The summed E-state index contributed by atoms with van der Waals surface area (Å²) in [5.41, 5.74) is 6.71. The zero-order chi connectivity index (χ0) is 17.8. The predicted octanol–water partition coefficient (Wildman–Crippen LogP) is 3.17. The first-order valence-electron chi connectivity index (χ1n) is 7.38. The smallest absolute Gasteiger partial charge is 0.252 e. The molecule has 0 unspecified atom stereocenters. The Morgan fingerprint density at radius 2 is 2.00 bits per heavy atom. The molecular formula is C18H15FN2O4. The van der Waals surface area contributed by atoms with Gasteiger partial charge in [0.1, 0.15) is 24.4 Å². The van der Waals surface area contributed by atoms with Gasteiger partial charge in [0, 0.05) is 5.56 Å². The van der Waals surface area contributed by atoms with Gasteiger partial charge in [0.05, 0.1) is 12.7 Å². The van der Waals surface area contributed by atoms with E-state index in [-0.39, 0.29) is 23.7 Å². The molecule has 2 aromatic carbocycles. The fourth-order valence-corrected chi connectivity index (χ4v) is 2.26. The molecule has 0 aliphatic carbocycles. The Labute approximate surface area is 143 Å². The number of ether oxygens (including phenoxy) is 2. The Hall–Kier alpha value is -3.35. The molecule has 0 aliphatic heterocycles. The van der Waals surface area contributed by atoms with Gasteiger partial charge < -0.3 is 19.6 Å². The van der Waals surface area contributed by atoms with Gasteiger partial charge in [-0.25, -0.2) is 9.37 Å². The van der Waals surface area contributed by atoms with Gasteiger partial charge in [-0.15, -0.1) is 0 Å². The molecule has 3 aromatic rings. The first-order chi connectivity index (χ1) is 12.1. The number of carbonyl (C=O) groups excluding carboxylic acids is 1. The number of benzene rings is 2. The second kappa shape index (κ2) is 7.04. The van der Waals surface area contributed by atoms with Crippen molar-refractivity contribution in [3.05, 3.63) is 65.8 Å². The van der Waals surface area contributed by atoms with Crippen molar-refractivity contribution < 1.29 is 23.1 Å². The van der Waals surface area contributed by atoms with E-state index >= 15 is 0 Å². The Balaban J connectivity index is 1.79. The molecule has 1 aromatic heterocycles. The predicted molar refractivity (Wildman–Crippen MR) is 87.7 cm³/mol. The van der Waals surface area contributed by atoms with E-state index in [4.69, 9.17) is 19.6 Å². The third-order valence-electron chi connectivity index (χ3n) is 3.47. The van der Waals surface area contributed by atoms with Crippen molar-refractivity contribution in [2.24, 2.45) is 5.73 Å². The molecule has 1 amide bonds. The summed E-state index contributed by atoms with van der Waals surface area (Å²) in [5.74, 6) is 0.00575. The van der Waals surface area contributed by atoms with Gasteiger partial charge >= 0.3 is 0 Å². The van der Waals surface area contributed by atoms with E-state index in [2.05, 4.69) is 4.98 Å². The maximum atomic E-state index is 13.0. The molecule has 7 heteroatoms. The van der Waals surface area contributed by atoms with Gasteiger partial charge in [-0.3, -0.25) is 4.79 Å². The number of nitrogens with zero attached hydrogens (tertiary/aromatic N) is 1. The van der Waals surface area contributed by atoms with Crippen LogP contribution in [0.1, 0.15) is 16.1 Å². The number of nitrogens with two attached hydrogens (primary N) is 1. The van der Waals surface area contributed by atoms with E-state index in [9.17, 15) is 9.18 Å². The molecule has 25 heavy (non-hydrogen) atoms. The third kappa shape index (κ3) is 3.60. The highest BCUT2D eigenvalue weighted by Gasteiger charge is 2.16. The molecule has 3 rings (SSSR count). The number of aromatic nitrogens is 1. The topological polar surface area (TPSA) is 87.6 Å². The number of halogens is 1. The fourth-order valence-electron chi connectivity index (χ4n) is 2.26. The van der Waals surface area contributed by atoms with Crippen molar-refractivity contribution >= 4 is 5.91 Å². The van der Waals surface area contributed by atoms with Crippen molar-refractivity contribution in [1.82, 2.24) is 4.98 Å². The number of methoxy groups -OCH3 is 1. The van der Waals surface area contributed by atoms with E-state index in [1.807, 2.05) is 0 Å². The SMILES string of the molecule is COc1cccc(C(N)=O)c1OCc1coc(-c2ccc(F)cc2)n1. The lowest BCUT2D eigenvalue weighted by Gasteiger charge is -2.12. The lowest BCUT2D eigenvalue weighted by atomic mass is 10.2. The van der Waals surface area contributed by atoms with Crippen molar-refractivity contribution in [3.63, 3.8) is 0 Å². The highest BCUT2D eigenvalue weighted by atomic mass is 19.1. The Bertz CT molecular complexity index is 890. The van der Waals surface area contributed by atoms with E-state index in [1.165, 1.54) is 25.5 Å². The molecule has 0 saturated carbocycles. The lowest BCUT2D eigenvalue weighted by Crippen LogP contribution is -2.13. The average Bonchev–Trinajstić information content (AvgIpc) is 3.09. The van der Waals surface area contributed by atoms with Crippen LogP contribution in [0.3, 0.4) is 0 Å². The highest BCUT2D eigenvalue weighted by molar-refractivity contribution is 5.96. The Kier molecular flexibility index (Phi) is 4.65. The quantitative estimate of drug-likeness (QED) is 0.743. The van der Waals surface area contributed by atoms with E-state index in [0.717, 1.165) is 0 Å². The number of hydrogen-bond donors (Lipinski definition) is 1. The third-order valence-corrected chi connectivity index (χ3v) is 3.47. The molecule has 2 N–H and O–H groups in total. The van der Waals surface area contributed by atoms with Gasteiger partial charge in [-0.1, -0.05) is 6.07 Å². The van der Waals surface area contributed by atoms with Crippen LogP contribution >= 0.6 is 0 Å². The monoisotopic (exact) mass is 342 g/mol. The maximum absolute atomic E-state index is 13.0. The van der Waals surface area contributed by atoms with Gasteiger partial charge in [-0.05, 0) is 36.4 Å². The van der Waals surface area contributed by atoms with Crippen LogP contribution in [-0.2, 0) is 6.61 Å². The summed E-state index contributed by atoms with van der Waals surface area (Å²) in [7, 11) is 1.47. The molecule has 128 valence electrons. The van der Waals surface area contributed by atoms with Gasteiger partial charge in [-0.2, -0.15) is 0 Å². The molecular weight excluding hydrogens is 327 g/mol. The molecule has 1 heterocycles. The summed E-state index contributed by atoms with van der Waals surface area (Å²) in [6.45, 7) is 0.0470. The standard InChI is InChI=1S/C18H15FN2O4/c1-23-15-4-2-3-14(17(20)22)16(15)24-9-13-10-25-18(21-13)11-5-7-12(19)8-6-11/h2-8,10H,9H2,1H3,(H2,20,22). The highest BCUT2D eigenvalue weighted by Crippen LogP contribution is 2.31. The minimum absolute atomic E-state index is 0.0470. The Morgan fingerprint density at radius 3 is 2.68 bits per heavy atom.